The molecule has 0 aromatic heterocycles. The Morgan fingerprint density at radius 2 is 1.83 bits per heavy atom. The molecule has 102 valence electrons. The van der Waals surface area contributed by atoms with E-state index in [4.69, 9.17) is 23.2 Å². The molecule has 0 unspecified atom stereocenters. The monoisotopic (exact) mass is 373 g/mol. The smallest absolute Gasteiger partial charge is 0.211 e. The molecule has 0 heterocycles. The Kier molecular flexibility index (Phi) is 6.95. The second-order valence-electron chi connectivity index (χ2n) is 3.72. The van der Waals surface area contributed by atoms with Gasteiger partial charge in [0.15, 0.2) is 0 Å². The van der Waals surface area contributed by atoms with Crippen LogP contribution in [0.25, 0.3) is 0 Å². The van der Waals surface area contributed by atoms with Gasteiger partial charge in [0.1, 0.15) is 0 Å². The zero-order chi connectivity index (χ0) is 13.6. The highest BCUT2D eigenvalue weighted by Gasteiger charge is 2.14. The number of hydrogen-bond donors (Lipinski definition) is 1. The van der Waals surface area contributed by atoms with E-state index >= 15 is 0 Å². The minimum atomic E-state index is -3.49. The number of nitrogens with one attached hydrogen (secondary N) is 1. The van der Waals surface area contributed by atoms with Crippen molar-refractivity contribution in [2.75, 3.05) is 11.9 Å². The maximum Gasteiger partial charge on any atom is 0.240 e. The van der Waals surface area contributed by atoms with Gasteiger partial charge in [0.05, 0.1) is 14.9 Å². The molecule has 1 aromatic carbocycles. The van der Waals surface area contributed by atoms with Crippen LogP contribution >= 0.6 is 39.1 Å². The van der Waals surface area contributed by atoms with Gasteiger partial charge in [-0.15, -0.1) is 0 Å². The molecule has 0 aliphatic rings. The summed E-state index contributed by atoms with van der Waals surface area (Å²) in [5.74, 6) is 0. The molecule has 3 nitrogen and oxygen atoms in total. The lowest BCUT2D eigenvalue weighted by Crippen LogP contribution is -2.24. The fourth-order valence-corrected chi connectivity index (χ4v) is 3.19. The third-order valence-electron chi connectivity index (χ3n) is 2.30. The highest BCUT2D eigenvalue weighted by atomic mass is 79.9. The first kappa shape index (κ1) is 16.2. The van der Waals surface area contributed by atoms with Crippen LogP contribution in [0.5, 0.6) is 0 Å². The lowest BCUT2D eigenvalue weighted by molar-refractivity contribution is 0.576. The van der Waals surface area contributed by atoms with Crippen LogP contribution in [-0.2, 0) is 10.0 Å². The Morgan fingerprint density at radius 3 is 2.44 bits per heavy atom. The summed E-state index contributed by atoms with van der Waals surface area (Å²) < 4.78 is 26.3. The fraction of sp³-hybridized carbons (Fsp3) is 0.455. The van der Waals surface area contributed by atoms with E-state index in [-0.39, 0.29) is 9.92 Å². The molecular formula is C11H14BrCl2NO2S. The van der Waals surface area contributed by atoms with Gasteiger partial charge < -0.3 is 0 Å². The van der Waals surface area contributed by atoms with Crippen molar-refractivity contribution in [3.05, 3.63) is 28.2 Å². The van der Waals surface area contributed by atoms with Crippen molar-refractivity contribution in [2.45, 2.75) is 24.2 Å². The average Bonchev–Trinajstić information content (AvgIpc) is 2.32. The summed E-state index contributed by atoms with van der Waals surface area (Å²) in [6, 6.07) is 4.27. The Morgan fingerprint density at radius 1 is 1.11 bits per heavy atom. The maximum absolute atomic E-state index is 11.9. The quantitative estimate of drug-likeness (QED) is 0.582. The van der Waals surface area contributed by atoms with E-state index in [1.54, 1.807) is 0 Å². The highest BCUT2D eigenvalue weighted by molar-refractivity contribution is 9.09. The molecule has 0 saturated heterocycles. The Labute approximate surface area is 126 Å². The third-order valence-corrected chi connectivity index (χ3v) is 5.06. The topological polar surface area (TPSA) is 46.2 Å². The first-order chi connectivity index (χ1) is 8.47. The van der Waals surface area contributed by atoms with Crippen LogP contribution in [0.1, 0.15) is 19.3 Å². The van der Waals surface area contributed by atoms with Gasteiger partial charge in [-0.25, -0.2) is 13.1 Å². The molecular weight excluding hydrogens is 361 g/mol. The number of hydrogen-bond acceptors (Lipinski definition) is 2. The first-order valence-electron chi connectivity index (χ1n) is 5.48. The van der Waals surface area contributed by atoms with Crippen molar-refractivity contribution in [3.8, 4) is 0 Å². The first-order valence-corrected chi connectivity index (χ1v) is 8.84. The van der Waals surface area contributed by atoms with Gasteiger partial charge in [-0.1, -0.05) is 45.6 Å². The van der Waals surface area contributed by atoms with Crippen molar-refractivity contribution >= 4 is 49.2 Å². The van der Waals surface area contributed by atoms with E-state index in [0.29, 0.717) is 11.6 Å². The molecule has 0 atom stereocenters. The van der Waals surface area contributed by atoms with Crippen LogP contribution in [0.2, 0.25) is 10.0 Å². The normalized spacial score (nSPS) is 11.7. The summed E-state index contributed by atoms with van der Waals surface area (Å²) in [6.07, 6.45) is 2.83. The molecule has 0 aliphatic carbocycles. The van der Waals surface area contributed by atoms with Crippen LogP contribution in [0, 0.1) is 0 Å². The fourth-order valence-electron chi connectivity index (χ4n) is 1.33. The molecule has 0 amide bonds. The second kappa shape index (κ2) is 7.70. The number of unbranched alkanes of at least 4 members (excludes halogenated alkanes) is 2. The van der Waals surface area contributed by atoms with Crippen LogP contribution in [0.15, 0.2) is 23.1 Å². The Bertz CT molecular complexity index is 494. The number of sulfonamides is 1. The minimum Gasteiger partial charge on any atom is -0.211 e. The zero-order valence-corrected chi connectivity index (χ0v) is 13.5. The molecule has 7 heteroatoms. The third kappa shape index (κ3) is 5.05. The largest absolute Gasteiger partial charge is 0.240 e. The summed E-state index contributed by atoms with van der Waals surface area (Å²) in [4.78, 5) is 0.136. The standard InChI is InChI=1S/C11H14BrCl2NO2S/c12-6-2-1-3-7-15-18(16,17)9-4-5-10(13)11(14)8-9/h4-5,8,15H,1-3,6-7H2. The number of alkyl halides is 1. The predicted molar refractivity (Wildman–Crippen MR) is 79.3 cm³/mol. The van der Waals surface area contributed by atoms with Crippen molar-refractivity contribution < 1.29 is 8.42 Å². The molecule has 0 bridgehead atoms. The van der Waals surface area contributed by atoms with E-state index in [9.17, 15) is 8.42 Å². The van der Waals surface area contributed by atoms with Crippen molar-refractivity contribution in [1.82, 2.24) is 4.72 Å². The maximum atomic E-state index is 11.9. The lowest BCUT2D eigenvalue weighted by atomic mass is 10.3. The van der Waals surface area contributed by atoms with Gasteiger partial charge in [0.25, 0.3) is 0 Å². The summed E-state index contributed by atoms with van der Waals surface area (Å²) in [6.45, 7) is 0.426. The summed E-state index contributed by atoms with van der Waals surface area (Å²) in [5, 5.41) is 1.51. The molecule has 18 heavy (non-hydrogen) atoms. The van der Waals surface area contributed by atoms with Crippen molar-refractivity contribution in [2.24, 2.45) is 0 Å². The van der Waals surface area contributed by atoms with Crippen molar-refractivity contribution in [1.29, 1.82) is 0 Å². The SMILES string of the molecule is O=S(=O)(NCCCCCBr)c1ccc(Cl)c(Cl)c1. The van der Waals surface area contributed by atoms with Gasteiger partial charge in [-0.3, -0.25) is 0 Å². The van der Waals surface area contributed by atoms with E-state index < -0.39 is 10.0 Å². The van der Waals surface area contributed by atoms with Gasteiger partial charge in [0.2, 0.25) is 10.0 Å². The number of benzene rings is 1. The number of rotatable bonds is 7. The van der Waals surface area contributed by atoms with Crippen LogP contribution in [0.3, 0.4) is 0 Å². The van der Waals surface area contributed by atoms with Gasteiger partial charge >= 0.3 is 0 Å². The summed E-state index contributed by atoms with van der Waals surface area (Å²) in [7, 11) is -3.49. The summed E-state index contributed by atoms with van der Waals surface area (Å²) in [5.41, 5.74) is 0. The molecule has 0 aliphatic heterocycles. The minimum absolute atomic E-state index is 0.136. The van der Waals surface area contributed by atoms with Crippen molar-refractivity contribution in [3.63, 3.8) is 0 Å². The molecule has 0 fully saturated rings. The van der Waals surface area contributed by atoms with E-state index in [1.165, 1.54) is 18.2 Å². The average molecular weight is 375 g/mol. The molecule has 1 rings (SSSR count). The molecule has 0 spiro atoms. The van der Waals surface area contributed by atoms with Gasteiger partial charge in [-0.2, -0.15) is 0 Å². The van der Waals surface area contributed by atoms with E-state index in [2.05, 4.69) is 20.7 Å². The van der Waals surface area contributed by atoms with Crippen LogP contribution in [0.4, 0.5) is 0 Å². The van der Waals surface area contributed by atoms with Gasteiger partial charge in [0, 0.05) is 11.9 Å². The lowest BCUT2D eigenvalue weighted by Gasteiger charge is -2.07. The molecule has 0 radical (unpaired) electrons. The number of halogens is 3. The van der Waals surface area contributed by atoms with Crippen LogP contribution in [-0.4, -0.2) is 20.3 Å². The Balaban J connectivity index is 2.60. The second-order valence-corrected chi connectivity index (χ2v) is 7.10. The molecule has 0 saturated carbocycles. The Hall–Kier alpha value is 0.190. The van der Waals surface area contributed by atoms with Gasteiger partial charge in [-0.05, 0) is 31.0 Å². The van der Waals surface area contributed by atoms with Crippen LogP contribution < -0.4 is 4.72 Å². The zero-order valence-electron chi connectivity index (χ0n) is 9.63. The van der Waals surface area contributed by atoms with E-state index in [0.717, 1.165) is 24.6 Å². The summed E-state index contributed by atoms with van der Waals surface area (Å²) >= 11 is 14.9. The van der Waals surface area contributed by atoms with E-state index in [1.807, 2.05) is 0 Å². The molecule has 1 N–H and O–H groups in total. The highest BCUT2D eigenvalue weighted by Crippen LogP contribution is 2.24. The predicted octanol–water partition coefficient (Wildman–Crippen LogP) is 3.84. The molecule has 1 aromatic rings.